The van der Waals surface area contributed by atoms with Crippen LogP contribution in [0, 0.1) is 12.3 Å². The third-order valence-corrected chi connectivity index (χ3v) is 8.00. The number of aryl methyl sites for hydroxylation is 1. The number of piperidine rings is 1. The van der Waals surface area contributed by atoms with Crippen LogP contribution in [0.4, 0.5) is 10.5 Å². The molecule has 7 heteroatoms. The molecule has 0 aliphatic carbocycles. The van der Waals surface area contributed by atoms with Gasteiger partial charge in [-0.1, -0.05) is 12.1 Å². The minimum absolute atomic E-state index is 0.170. The largest absolute Gasteiger partial charge is 0.494 e. The normalized spacial score (nSPS) is 23.9. The summed E-state index contributed by atoms with van der Waals surface area (Å²) in [6.07, 6.45) is 3.10. The van der Waals surface area contributed by atoms with Crippen LogP contribution in [0.25, 0.3) is 0 Å². The van der Waals surface area contributed by atoms with Gasteiger partial charge in [0.05, 0.1) is 11.2 Å². The molecule has 0 N–H and O–H groups in total. The summed E-state index contributed by atoms with van der Waals surface area (Å²) in [5.74, 6) is 0. The molecule has 182 valence electrons. The third kappa shape index (κ3) is 4.90. The van der Waals surface area contributed by atoms with Crippen molar-refractivity contribution in [2.75, 3.05) is 31.1 Å². The zero-order valence-electron chi connectivity index (χ0n) is 21.8. The molecule has 33 heavy (non-hydrogen) atoms. The highest BCUT2D eigenvalue weighted by Gasteiger charge is 2.51. The molecule has 3 fully saturated rings. The van der Waals surface area contributed by atoms with E-state index in [0.717, 1.165) is 50.9 Å². The van der Waals surface area contributed by atoms with Crippen LogP contribution in [0.3, 0.4) is 0 Å². The van der Waals surface area contributed by atoms with Crippen LogP contribution in [0.15, 0.2) is 18.2 Å². The summed E-state index contributed by atoms with van der Waals surface area (Å²) in [5, 5.41) is 0. The third-order valence-electron chi connectivity index (χ3n) is 8.00. The Kier molecular flexibility index (Phi) is 6.06. The van der Waals surface area contributed by atoms with Gasteiger partial charge in [0, 0.05) is 31.9 Å². The van der Waals surface area contributed by atoms with Crippen molar-refractivity contribution < 1.29 is 18.8 Å². The Bertz CT molecular complexity index is 884. The van der Waals surface area contributed by atoms with E-state index in [-0.39, 0.29) is 29.8 Å². The van der Waals surface area contributed by atoms with Crippen molar-refractivity contribution in [3.8, 4) is 0 Å². The number of benzene rings is 1. The second kappa shape index (κ2) is 8.19. The van der Waals surface area contributed by atoms with Gasteiger partial charge in [0.2, 0.25) is 0 Å². The number of anilines is 1. The number of carbonyl (C=O) groups excluding carboxylic acids is 1. The fraction of sp³-hybridized carbons (Fsp3) is 0.731. The molecular weight excluding hydrogens is 415 g/mol. The molecule has 0 saturated carbocycles. The average molecular weight is 456 g/mol. The molecule has 3 aliphatic rings. The first-order valence-electron chi connectivity index (χ1n) is 12.4. The summed E-state index contributed by atoms with van der Waals surface area (Å²) in [6, 6.07) is 6.58. The standard InChI is InChI=1S/C26H41BN2O4/c1-19-17-20(27-32-24(5,6)25(7,8)33-27)9-10-21(19)28-14-11-26(12-15-28)13-16-29(18-26)22(30)31-23(2,3)4/h9-10,17H,11-16,18H2,1-8H3. The second-order valence-electron chi connectivity index (χ2n) is 12.3. The lowest BCUT2D eigenvalue weighted by molar-refractivity contribution is 0.00578. The Hall–Kier alpha value is -1.73. The molecule has 0 bridgehead atoms. The van der Waals surface area contributed by atoms with Crippen LogP contribution < -0.4 is 10.4 Å². The summed E-state index contributed by atoms with van der Waals surface area (Å²) in [6.45, 7) is 19.9. The van der Waals surface area contributed by atoms with Gasteiger partial charge in [-0.25, -0.2) is 4.79 Å². The van der Waals surface area contributed by atoms with E-state index in [9.17, 15) is 4.79 Å². The Labute approximate surface area is 200 Å². The van der Waals surface area contributed by atoms with Crippen molar-refractivity contribution in [1.29, 1.82) is 0 Å². The lowest BCUT2D eigenvalue weighted by Gasteiger charge is -2.41. The second-order valence-corrected chi connectivity index (χ2v) is 12.3. The molecule has 3 aliphatic heterocycles. The minimum Gasteiger partial charge on any atom is -0.444 e. The highest BCUT2D eigenvalue weighted by molar-refractivity contribution is 6.62. The fourth-order valence-corrected chi connectivity index (χ4v) is 5.21. The number of amides is 1. The summed E-state index contributed by atoms with van der Waals surface area (Å²) < 4.78 is 18.1. The van der Waals surface area contributed by atoms with Gasteiger partial charge in [-0.05, 0) is 97.2 Å². The summed E-state index contributed by atoms with van der Waals surface area (Å²) in [5.41, 5.74) is 2.73. The summed E-state index contributed by atoms with van der Waals surface area (Å²) >= 11 is 0. The van der Waals surface area contributed by atoms with Crippen LogP contribution >= 0.6 is 0 Å². The van der Waals surface area contributed by atoms with E-state index in [0.29, 0.717) is 0 Å². The number of hydrogen-bond acceptors (Lipinski definition) is 5. The minimum atomic E-state index is -0.444. The molecule has 1 amide bonds. The van der Waals surface area contributed by atoms with Crippen LogP contribution in [0.5, 0.6) is 0 Å². The van der Waals surface area contributed by atoms with E-state index in [1.807, 2.05) is 25.7 Å². The lowest BCUT2D eigenvalue weighted by atomic mass is 9.76. The van der Waals surface area contributed by atoms with Crippen LogP contribution in [0.1, 0.15) is 73.3 Å². The van der Waals surface area contributed by atoms with Gasteiger partial charge in [-0.15, -0.1) is 0 Å². The maximum Gasteiger partial charge on any atom is 0.494 e. The fourth-order valence-electron chi connectivity index (χ4n) is 5.21. The molecule has 0 aromatic heterocycles. The van der Waals surface area contributed by atoms with Crippen LogP contribution in [0.2, 0.25) is 0 Å². The molecule has 0 atom stereocenters. The molecule has 3 saturated heterocycles. The Morgan fingerprint density at radius 2 is 1.58 bits per heavy atom. The van der Waals surface area contributed by atoms with Crippen molar-refractivity contribution in [3.63, 3.8) is 0 Å². The van der Waals surface area contributed by atoms with Crippen molar-refractivity contribution in [2.24, 2.45) is 5.41 Å². The zero-order chi connectivity index (χ0) is 24.2. The topological polar surface area (TPSA) is 51.2 Å². The zero-order valence-corrected chi connectivity index (χ0v) is 21.8. The first-order chi connectivity index (χ1) is 15.2. The highest BCUT2D eigenvalue weighted by atomic mass is 16.7. The number of likely N-dealkylation sites (tertiary alicyclic amines) is 1. The van der Waals surface area contributed by atoms with Gasteiger partial charge >= 0.3 is 13.2 Å². The molecule has 4 rings (SSSR count). The Morgan fingerprint density at radius 1 is 1.00 bits per heavy atom. The van der Waals surface area contributed by atoms with Gasteiger partial charge in [-0.3, -0.25) is 0 Å². The first-order valence-corrected chi connectivity index (χ1v) is 12.4. The number of ether oxygens (including phenoxy) is 1. The maximum absolute atomic E-state index is 12.5. The van der Waals surface area contributed by atoms with Crippen LogP contribution in [-0.4, -0.2) is 61.1 Å². The number of nitrogens with zero attached hydrogens (tertiary/aromatic N) is 2. The van der Waals surface area contributed by atoms with E-state index in [2.05, 4.69) is 57.7 Å². The average Bonchev–Trinajstić information content (AvgIpc) is 3.19. The number of carbonyl (C=O) groups is 1. The highest BCUT2D eigenvalue weighted by Crippen LogP contribution is 2.42. The maximum atomic E-state index is 12.5. The molecule has 1 spiro atoms. The van der Waals surface area contributed by atoms with Gasteiger partial charge in [0.15, 0.2) is 0 Å². The predicted molar refractivity (Wildman–Crippen MR) is 133 cm³/mol. The van der Waals surface area contributed by atoms with E-state index in [1.54, 1.807) is 0 Å². The smallest absolute Gasteiger partial charge is 0.444 e. The number of hydrogen-bond donors (Lipinski definition) is 0. The van der Waals surface area contributed by atoms with Crippen LogP contribution in [-0.2, 0) is 14.0 Å². The quantitative estimate of drug-likeness (QED) is 0.613. The van der Waals surface area contributed by atoms with Gasteiger partial charge in [0.25, 0.3) is 0 Å². The Balaban J connectivity index is 1.37. The van der Waals surface area contributed by atoms with Crippen molar-refractivity contribution in [1.82, 2.24) is 4.90 Å². The molecule has 1 aromatic carbocycles. The van der Waals surface area contributed by atoms with Gasteiger partial charge < -0.3 is 23.8 Å². The monoisotopic (exact) mass is 456 g/mol. The summed E-state index contributed by atoms with van der Waals surface area (Å²) in [7, 11) is -0.329. The number of rotatable bonds is 2. The first kappa shape index (κ1) is 24.4. The van der Waals surface area contributed by atoms with E-state index >= 15 is 0 Å². The van der Waals surface area contributed by atoms with Crippen molar-refractivity contribution in [3.05, 3.63) is 23.8 Å². The van der Waals surface area contributed by atoms with E-state index in [1.165, 1.54) is 11.3 Å². The molecule has 6 nitrogen and oxygen atoms in total. The lowest BCUT2D eigenvalue weighted by Crippen LogP contribution is -2.43. The van der Waals surface area contributed by atoms with E-state index < -0.39 is 5.60 Å². The predicted octanol–water partition coefficient (Wildman–Crippen LogP) is 4.52. The summed E-state index contributed by atoms with van der Waals surface area (Å²) in [4.78, 5) is 16.9. The van der Waals surface area contributed by atoms with E-state index in [4.69, 9.17) is 14.0 Å². The van der Waals surface area contributed by atoms with Gasteiger partial charge in [0.1, 0.15) is 5.60 Å². The van der Waals surface area contributed by atoms with Gasteiger partial charge in [-0.2, -0.15) is 0 Å². The molecular formula is C26H41BN2O4. The molecule has 0 unspecified atom stereocenters. The van der Waals surface area contributed by atoms with Crippen molar-refractivity contribution in [2.45, 2.75) is 91.5 Å². The Morgan fingerprint density at radius 3 is 2.12 bits per heavy atom. The molecule has 3 heterocycles. The SMILES string of the molecule is Cc1cc(B2OC(C)(C)C(C)(C)O2)ccc1N1CCC2(CCN(C(=O)OC(C)(C)C)C2)CC1. The molecule has 1 aromatic rings. The van der Waals surface area contributed by atoms with Crippen molar-refractivity contribution >= 4 is 24.4 Å². The molecule has 0 radical (unpaired) electrons.